The van der Waals surface area contributed by atoms with E-state index in [0.717, 1.165) is 10.3 Å². The maximum Gasteiger partial charge on any atom is 0.345 e. The first-order chi connectivity index (χ1) is 12.0. The standard InChI is InChI=1S/C16H13N3O5S/c1-25-16-17-7-10-12(20)11(15(22)23)14(21)19(13(10)18-16)24-8-9-5-3-2-4-6-9/h2-7,20H,8H2,1H3,(H,22,23). The molecule has 128 valence electrons. The van der Waals surface area contributed by atoms with E-state index in [4.69, 9.17) is 4.84 Å². The molecule has 0 bridgehead atoms. The molecule has 0 atom stereocenters. The van der Waals surface area contributed by atoms with Crippen LogP contribution in [0.1, 0.15) is 15.9 Å². The summed E-state index contributed by atoms with van der Waals surface area (Å²) in [6.07, 6.45) is 3.01. The monoisotopic (exact) mass is 359 g/mol. The Bertz CT molecular complexity index is 1000. The highest BCUT2D eigenvalue weighted by molar-refractivity contribution is 7.98. The van der Waals surface area contributed by atoms with E-state index >= 15 is 0 Å². The molecule has 0 radical (unpaired) electrons. The number of carboxylic acids is 1. The lowest BCUT2D eigenvalue weighted by Gasteiger charge is -2.13. The number of carbonyl (C=O) groups is 1. The summed E-state index contributed by atoms with van der Waals surface area (Å²) in [4.78, 5) is 37.5. The van der Waals surface area contributed by atoms with Crippen molar-refractivity contribution in [1.82, 2.24) is 14.7 Å². The first-order valence-corrected chi connectivity index (χ1v) is 8.34. The largest absolute Gasteiger partial charge is 0.506 e. The van der Waals surface area contributed by atoms with Crippen LogP contribution in [-0.4, -0.2) is 37.1 Å². The number of nitrogens with zero attached hydrogens (tertiary/aromatic N) is 3. The minimum absolute atomic E-state index is 0.00258. The van der Waals surface area contributed by atoms with E-state index in [0.29, 0.717) is 5.16 Å². The Morgan fingerprint density at radius 1 is 1.32 bits per heavy atom. The van der Waals surface area contributed by atoms with Gasteiger partial charge >= 0.3 is 11.5 Å². The third-order valence-electron chi connectivity index (χ3n) is 3.43. The summed E-state index contributed by atoms with van der Waals surface area (Å²) in [5.74, 6) is -2.24. The van der Waals surface area contributed by atoms with E-state index in [2.05, 4.69) is 9.97 Å². The number of hydrogen-bond donors (Lipinski definition) is 2. The van der Waals surface area contributed by atoms with Gasteiger partial charge in [-0.25, -0.2) is 14.8 Å². The van der Waals surface area contributed by atoms with E-state index in [9.17, 15) is 19.8 Å². The average Bonchev–Trinajstić information content (AvgIpc) is 2.61. The lowest BCUT2D eigenvalue weighted by Crippen LogP contribution is -2.32. The molecule has 2 aromatic heterocycles. The predicted octanol–water partition coefficient (Wildman–Crippen LogP) is 1.55. The molecule has 25 heavy (non-hydrogen) atoms. The quantitative estimate of drug-likeness (QED) is 0.521. The van der Waals surface area contributed by atoms with Gasteiger partial charge in [-0.1, -0.05) is 42.1 Å². The third kappa shape index (κ3) is 3.13. The second kappa shape index (κ2) is 6.81. The number of benzene rings is 1. The molecular formula is C16H13N3O5S. The molecule has 2 heterocycles. The lowest BCUT2D eigenvalue weighted by atomic mass is 10.2. The second-order valence-electron chi connectivity index (χ2n) is 4.98. The van der Waals surface area contributed by atoms with Crippen LogP contribution < -0.4 is 10.4 Å². The van der Waals surface area contributed by atoms with Gasteiger partial charge in [0.05, 0.1) is 5.39 Å². The highest BCUT2D eigenvalue weighted by Gasteiger charge is 2.24. The van der Waals surface area contributed by atoms with Crippen LogP contribution >= 0.6 is 11.8 Å². The van der Waals surface area contributed by atoms with Crippen LogP contribution in [0.3, 0.4) is 0 Å². The number of pyridine rings is 1. The molecule has 0 aliphatic carbocycles. The van der Waals surface area contributed by atoms with Crippen molar-refractivity contribution in [3.8, 4) is 5.75 Å². The second-order valence-corrected chi connectivity index (χ2v) is 5.75. The summed E-state index contributed by atoms with van der Waals surface area (Å²) in [6, 6.07) is 9.06. The van der Waals surface area contributed by atoms with Crippen LogP contribution in [0.15, 0.2) is 46.5 Å². The molecule has 3 rings (SSSR count). The van der Waals surface area contributed by atoms with Crippen molar-refractivity contribution in [2.75, 3.05) is 6.26 Å². The molecule has 8 nitrogen and oxygen atoms in total. The van der Waals surface area contributed by atoms with Crippen molar-refractivity contribution < 1.29 is 19.8 Å². The SMILES string of the molecule is CSc1ncc2c(O)c(C(=O)O)c(=O)n(OCc3ccccc3)c2n1. The molecule has 0 saturated heterocycles. The summed E-state index contributed by atoms with van der Waals surface area (Å²) in [5.41, 5.74) is -1.00. The topological polar surface area (TPSA) is 115 Å². The Labute approximate surface area is 145 Å². The Hall–Kier alpha value is -3.07. The fourth-order valence-corrected chi connectivity index (χ4v) is 2.57. The molecule has 1 aromatic carbocycles. The molecular weight excluding hydrogens is 346 g/mol. The van der Waals surface area contributed by atoms with Crippen LogP contribution in [-0.2, 0) is 6.61 Å². The maximum absolute atomic E-state index is 12.5. The summed E-state index contributed by atoms with van der Waals surface area (Å²) in [6.45, 7) is 0.0261. The summed E-state index contributed by atoms with van der Waals surface area (Å²) < 4.78 is 0.785. The van der Waals surface area contributed by atoms with Gasteiger partial charge in [0.2, 0.25) is 0 Å². The fourth-order valence-electron chi connectivity index (χ4n) is 2.24. The van der Waals surface area contributed by atoms with Crippen LogP contribution in [0.2, 0.25) is 0 Å². The maximum atomic E-state index is 12.5. The number of aromatic nitrogens is 3. The van der Waals surface area contributed by atoms with Crippen molar-refractivity contribution in [3.63, 3.8) is 0 Å². The van der Waals surface area contributed by atoms with Gasteiger partial charge in [-0.15, -0.1) is 4.73 Å². The predicted molar refractivity (Wildman–Crippen MR) is 90.9 cm³/mol. The Morgan fingerprint density at radius 3 is 2.68 bits per heavy atom. The average molecular weight is 359 g/mol. The zero-order chi connectivity index (χ0) is 18.0. The minimum Gasteiger partial charge on any atom is -0.506 e. The molecule has 0 aliphatic heterocycles. The highest BCUT2D eigenvalue weighted by atomic mass is 32.2. The van der Waals surface area contributed by atoms with Crippen molar-refractivity contribution in [2.45, 2.75) is 11.8 Å². The van der Waals surface area contributed by atoms with Gasteiger partial charge in [-0.05, 0) is 11.8 Å². The van der Waals surface area contributed by atoms with Crippen molar-refractivity contribution in [2.24, 2.45) is 0 Å². The van der Waals surface area contributed by atoms with E-state index in [1.807, 2.05) is 18.2 Å². The number of carboxylic acid groups (broad SMARTS) is 1. The number of hydrogen-bond acceptors (Lipinski definition) is 7. The van der Waals surface area contributed by atoms with Crippen molar-refractivity contribution >= 4 is 28.8 Å². The number of aromatic carboxylic acids is 1. The zero-order valence-corrected chi connectivity index (χ0v) is 13.9. The molecule has 0 unspecified atom stereocenters. The van der Waals surface area contributed by atoms with Crippen LogP contribution in [0.5, 0.6) is 5.75 Å². The van der Waals surface area contributed by atoms with Gasteiger partial charge in [0, 0.05) is 6.20 Å². The summed E-state index contributed by atoms with van der Waals surface area (Å²) in [7, 11) is 0. The smallest absolute Gasteiger partial charge is 0.345 e. The van der Waals surface area contributed by atoms with E-state index in [-0.39, 0.29) is 17.6 Å². The number of rotatable bonds is 5. The van der Waals surface area contributed by atoms with E-state index in [1.165, 1.54) is 18.0 Å². The summed E-state index contributed by atoms with van der Waals surface area (Å²) in [5, 5.41) is 19.7. The molecule has 0 saturated carbocycles. The molecule has 0 spiro atoms. The van der Waals surface area contributed by atoms with Gasteiger partial charge in [0.1, 0.15) is 12.4 Å². The molecule has 0 fully saturated rings. The Kier molecular flexibility index (Phi) is 4.57. The summed E-state index contributed by atoms with van der Waals surface area (Å²) >= 11 is 1.24. The first-order valence-electron chi connectivity index (χ1n) is 7.12. The van der Waals surface area contributed by atoms with Gasteiger partial charge in [-0.3, -0.25) is 4.79 Å². The first kappa shape index (κ1) is 16.8. The van der Waals surface area contributed by atoms with Gasteiger partial charge in [-0.2, -0.15) is 0 Å². The van der Waals surface area contributed by atoms with E-state index < -0.39 is 22.8 Å². The van der Waals surface area contributed by atoms with Crippen molar-refractivity contribution in [3.05, 3.63) is 58.0 Å². The zero-order valence-electron chi connectivity index (χ0n) is 13.0. The van der Waals surface area contributed by atoms with Crippen LogP contribution in [0.4, 0.5) is 0 Å². The highest BCUT2D eigenvalue weighted by Crippen LogP contribution is 2.25. The Morgan fingerprint density at radius 2 is 2.04 bits per heavy atom. The van der Waals surface area contributed by atoms with Crippen LogP contribution in [0.25, 0.3) is 11.0 Å². The number of fused-ring (bicyclic) bond motifs is 1. The van der Waals surface area contributed by atoms with Gasteiger partial charge < -0.3 is 15.1 Å². The molecule has 0 aliphatic rings. The normalized spacial score (nSPS) is 10.8. The Balaban J connectivity index is 2.19. The number of aromatic hydroxyl groups is 1. The number of thioether (sulfide) groups is 1. The van der Waals surface area contributed by atoms with Crippen LogP contribution in [0, 0.1) is 0 Å². The fraction of sp³-hybridized carbons (Fsp3) is 0.125. The molecule has 9 heteroatoms. The molecule has 0 amide bonds. The lowest BCUT2D eigenvalue weighted by molar-refractivity contribution is 0.0672. The van der Waals surface area contributed by atoms with Crippen molar-refractivity contribution in [1.29, 1.82) is 0 Å². The third-order valence-corrected chi connectivity index (χ3v) is 3.99. The molecule has 2 N–H and O–H groups in total. The van der Waals surface area contributed by atoms with E-state index in [1.54, 1.807) is 18.4 Å². The van der Waals surface area contributed by atoms with Gasteiger partial charge in [0.25, 0.3) is 0 Å². The minimum atomic E-state index is -1.56. The van der Waals surface area contributed by atoms with Gasteiger partial charge in [0.15, 0.2) is 16.4 Å². The molecule has 3 aromatic rings.